The van der Waals surface area contributed by atoms with Crippen LogP contribution in [0.15, 0.2) is 90.9 Å². The van der Waals surface area contributed by atoms with Crippen LogP contribution in [-0.2, 0) is 0 Å². The third kappa shape index (κ3) is 5.51. The van der Waals surface area contributed by atoms with Gasteiger partial charge in [0.2, 0.25) is 0 Å². The van der Waals surface area contributed by atoms with Crippen molar-refractivity contribution < 1.29 is 0 Å². The van der Waals surface area contributed by atoms with Crippen molar-refractivity contribution in [3.63, 3.8) is 0 Å². The average Bonchev–Trinajstić information content (AvgIpc) is 3.55. The van der Waals surface area contributed by atoms with Crippen molar-refractivity contribution in [3.8, 4) is 22.3 Å². The first kappa shape index (κ1) is 25.5. The fourth-order valence-electron chi connectivity index (χ4n) is 3.99. The molecular weight excluding hydrogens is 668 g/mol. The molecule has 6 rings (SSSR count). The Bertz CT molecular complexity index is 1560. The van der Waals surface area contributed by atoms with Gasteiger partial charge in [0.05, 0.1) is 10.8 Å². The molecule has 0 aliphatic carbocycles. The standard InChI is InChI=1S/C27H18Br2N4S4/c28-18-6-2-16(3-7-18)20-12-36-26-22(20)24(30-14-32-26)34-10-1-11-35-25-23-21(13-37-27(23)33-15-31-25)17-4-8-19(29)9-5-17/h2-9,12-15H,1,10-11H2. The third-order valence-electron chi connectivity index (χ3n) is 5.75. The van der Waals surface area contributed by atoms with Gasteiger partial charge < -0.3 is 0 Å². The van der Waals surface area contributed by atoms with Gasteiger partial charge in [-0.15, -0.1) is 46.2 Å². The fourth-order valence-corrected chi connectivity index (χ4v) is 8.58. The summed E-state index contributed by atoms with van der Waals surface area (Å²) in [5, 5.41) is 8.78. The van der Waals surface area contributed by atoms with Crippen molar-refractivity contribution in [2.24, 2.45) is 0 Å². The first-order valence-corrected chi connectivity index (χ1v) is 16.7. The molecule has 6 aromatic rings. The number of halogens is 2. The summed E-state index contributed by atoms with van der Waals surface area (Å²) >= 11 is 14.0. The molecule has 37 heavy (non-hydrogen) atoms. The van der Waals surface area contributed by atoms with E-state index in [2.05, 4.69) is 111 Å². The number of rotatable bonds is 8. The van der Waals surface area contributed by atoms with Crippen LogP contribution in [0.3, 0.4) is 0 Å². The summed E-state index contributed by atoms with van der Waals surface area (Å²) in [5.74, 6) is 1.96. The maximum Gasteiger partial charge on any atom is 0.128 e. The van der Waals surface area contributed by atoms with Gasteiger partial charge in [-0.2, -0.15) is 0 Å². The number of hydrogen-bond donors (Lipinski definition) is 0. The minimum absolute atomic E-state index is 0.978. The molecule has 4 nitrogen and oxygen atoms in total. The predicted molar refractivity (Wildman–Crippen MR) is 167 cm³/mol. The number of fused-ring (bicyclic) bond motifs is 2. The van der Waals surface area contributed by atoms with Crippen molar-refractivity contribution in [2.45, 2.75) is 16.5 Å². The highest BCUT2D eigenvalue weighted by atomic mass is 79.9. The van der Waals surface area contributed by atoms with Gasteiger partial charge in [0.1, 0.15) is 32.4 Å². The van der Waals surface area contributed by atoms with Crippen molar-refractivity contribution in [1.82, 2.24) is 19.9 Å². The van der Waals surface area contributed by atoms with E-state index in [0.717, 1.165) is 57.4 Å². The molecule has 0 spiro atoms. The first-order valence-electron chi connectivity index (χ1n) is 11.4. The Hall–Kier alpha value is -1.82. The smallest absolute Gasteiger partial charge is 0.128 e. The van der Waals surface area contributed by atoms with Crippen molar-refractivity contribution in [3.05, 3.63) is 80.9 Å². The Morgan fingerprint density at radius 3 is 1.46 bits per heavy atom. The topological polar surface area (TPSA) is 51.6 Å². The Kier molecular flexibility index (Phi) is 7.92. The van der Waals surface area contributed by atoms with Crippen molar-refractivity contribution in [2.75, 3.05) is 11.5 Å². The van der Waals surface area contributed by atoms with Gasteiger partial charge in [0.15, 0.2) is 0 Å². The maximum atomic E-state index is 4.64. The van der Waals surface area contributed by atoms with Crippen LogP contribution >= 0.6 is 78.1 Å². The van der Waals surface area contributed by atoms with Gasteiger partial charge in [0.25, 0.3) is 0 Å². The maximum absolute atomic E-state index is 4.64. The van der Waals surface area contributed by atoms with E-state index in [-0.39, 0.29) is 0 Å². The van der Waals surface area contributed by atoms with Crippen molar-refractivity contribution >= 4 is 98.5 Å². The zero-order chi connectivity index (χ0) is 25.2. The molecule has 4 heterocycles. The van der Waals surface area contributed by atoms with Crippen LogP contribution in [-0.4, -0.2) is 31.4 Å². The molecule has 0 atom stereocenters. The zero-order valence-corrected chi connectivity index (χ0v) is 25.7. The van der Waals surface area contributed by atoms with Crippen LogP contribution in [0.4, 0.5) is 0 Å². The molecule has 0 aliphatic heterocycles. The molecule has 0 saturated carbocycles. The zero-order valence-electron chi connectivity index (χ0n) is 19.2. The molecular formula is C27H18Br2N4S4. The molecule has 0 unspecified atom stereocenters. The van der Waals surface area contributed by atoms with Crippen LogP contribution in [0.25, 0.3) is 42.7 Å². The van der Waals surface area contributed by atoms with E-state index >= 15 is 0 Å². The van der Waals surface area contributed by atoms with E-state index in [1.54, 1.807) is 58.9 Å². The summed E-state index contributed by atoms with van der Waals surface area (Å²) < 4.78 is 2.15. The van der Waals surface area contributed by atoms with Crippen LogP contribution < -0.4 is 0 Å². The SMILES string of the molecule is Brc1ccc(-c2csc3ncnc(SCCCSc4ncnc5scc(-c6ccc(Br)cc6)c45)c23)cc1. The van der Waals surface area contributed by atoms with Gasteiger partial charge in [-0.25, -0.2) is 19.9 Å². The molecule has 0 saturated heterocycles. The normalized spacial score (nSPS) is 11.5. The lowest BCUT2D eigenvalue weighted by Gasteiger charge is -2.07. The quantitative estimate of drug-likeness (QED) is 0.0903. The molecule has 0 bridgehead atoms. The molecule has 184 valence electrons. The van der Waals surface area contributed by atoms with Gasteiger partial charge in [-0.3, -0.25) is 0 Å². The van der Waals surface area contributed by atoms with E-state index in [1.165, 1.54) is 22.3 Å². The summed E-state index contributed by atoms with van der Waals surface area (Å²) in [6.07, 6.45) is 4.40. The molecule has 0 N–H and O–H groups in total. The summed E-state index contributed by atoms with van der Waals surface area (Å²) in [6.45, 7) is 0. The minimum Gasteiger partial charge on any atom is -0.229 e. The van der Waals surface area contributed by atoms with Crippen LogP contribution in [0.1, 0.15) is 6.42 Å². The Labute approximate surface area is 247 Å². The highest BCUT2D eigenvalue weighted by Gasteiger charge is 2.15. The molecule has 0 radical (unpaired) electrons. The number of hydrogen-bond acceptors (Lipinski definition) is 8. The van der Waals surface area contributed by atoms with Crippen molar-refractivity contribution in [1.29, 1.82) is 0 Å². The van der Waals surface area contributed by atoms with E-state index in [1.807, 2.05) is 0 Å². The predicted octanol–water partition coefficient (Wildman–Crippen LogP) is 9.83. The second-order valence-corrected chi connectivity index (χ2v) is 13.8. The van der Waals surface area contributed by atoms with E-state index < -0.39 is 0 Å². The van der Waals surface area contributed by atoms with E-state index in [0.29, 0.717) is 0 Å². The lowest BCUT2D eigenvalue weighted by atomic mass is 10.1. The van der Waals surface area contributed by atoms with Crippen LogP contribution in [0, 0.1) is 0 Å². The molecule has 0 fully saturated rings. The summed E-state index contributed by atoms with van der Waals surface area (Å²) in [7, 11) is 0. The molecule has 0 aliphatic rings. The number of nitrogens with zero attached hydrogens (tertiary/aromatic N) is 4. The average molecular weight is 687 g/mol. The van der Waals surface area contributed by atoms with Gasteiger partial charge in [-0.1, -0.05) is 56.1 Å². The Morgan fingerprint density at radius 1 is 0.595 bits per heavy atom. The highest BCUT2D eigenvalue weighted by Crippen LogP contribution is 2.40. The summed E-state index contributed by atoms with van der Waals surface area (Å²) in [6, 6.07) is 16.9. The fraction of sp³-hybridized carbons (Fsp3) is 0.111. The second kappa shape index (κ2) is 11.5. The molecule has 10 heteroatoms. The van der Waals surface area contributed by atoms with Gasteiger partial charge in [0, 0.05) is 42.3 Å². The van der Waals surface area contributed by atoms with Gasteiger partial charge >= 0.3 is 0 Å². The van der Waals surface area contributed by atoms with E-state index in [4.69, 9.17) is 0 Å². The number of thiophene rings is 2. The number of benzene rings is 2. The molecule has 0 amide bonds. The lowest BCUT2D eigenvalue weighted by molar-refractivity contribution is 1.07. The Morgan fingerprint density at radius 2 is 1.03 bits per heavy atom. The van der Waals surface area contributed by atoms with Crippen LogP contribution in [0.5, 0.6) is 0 Å². The first-order chi connectivity index (χ1) is 18.2. The highest BCUT2D eigenvalue weighted by molar-refractivity contribution is 9.10. The number of aromatic nitrogens is 4. The minimum atomic E-state index is 0.978. The van der Waals surface area contributed by atoms with Crippen LogP contribution in [0.2, 0.25) is 0 Å². The lowest BCUT2D eigenvalue weighted by Crippen LogP contribution is -1.91. The van der Waals surface area contributed by atoms with E-state index in [9.17, 15) is 0 Å². The summed E-state index contributed by atoms with van der Waals surface area (Å²) in [4.78, 5) is 20.4. The molecule has 4 aromatic heterocycles. The Balaban J connectivity index is 1.15. The largest absolute Gasteiger partial charge is 0.229 e. The monoisotopic (exact) mass is 684 g/mol. The van der Waals surface area contributed by atoms with Gasteiger partial charge in [-0.05, 0) is 41.8 Å². The molecule has 2 aromatic carbocycles. The second-order valence-electron chi connectivity index (χ2n) is 8.08. The number of thioether (sulfide) groups is 2. The summed E-state index contributed by atoms with van der Waals surface area (Å²) in [5.41, 5.74) is 4.77. The third-order valence-corrected chi connectivity index (χ3v) is 10.7.